The molecule has 0 aromatic rings. The topological polar surface area (TPSA) is 98.0 Å². The van der Waals surface area contributed by atoms with Crippen molar-refractivity contribution in [1.82, 2.24) is 0 Å². The first-order chi connectivity index (χ1) is 5.54. The van der Waals surface area contributed by atoms with Gasteiger partial charge in [0.2, 0.25) is 0 Å². The Morgan fingerprint density at radius 3 is 2.08 bits per heavy atom. The van der Waals surface area contributed by atoms with Gasteiger partial charge in [0.15, 0.2) is 12.0 Å². The Labute approximate surface area is 68.1 Å². The van der Waals surface area contributed by atoms with Gasteiger partial charge in [-0.3, -0.25) is 4.79 Å². The summed E-state index contributed by atoms with van der Waals surface area (Å²) in [5.41, 5.74) is 0. The number of hydrogen-bond donors (Lipinski definition) is 4. The maximum absolute atomic E-state index is 12.6. The van der Waals surface area contributed by atoms with Gasteiger partial charge in [0.25, 0.3) is 0 Å². The maximum Gasteiger partial charge on any atom is 0.200 e. The van der Waals surface area contributed by atoms with Crippen molar-refractivity contribution in [1.29, 1.82) is 0 Å². The van der Waals surface area contributed by atoms with Gasteiger partial charge in [-0.15, -0.1) is 0 Å². The van der Waals surface area contributed by atoms with E-state index in [9.17, 15) is 9.18 Å². The fraction of sp³-hybridized carbons (Fsp3) is 0.833. The largest absolute Gasteiger partial charge is 0.394 e. The van der Waals surface area contributed by atoms with Crippen molar-refractivity contribution in [3.05, 3.63) is 0 Å². The van der Waals surface area contributed by atoms with Crippen LogP contribution in [0.3, 0.4) is 0 Å². The third-order valence-corrected chi connectivity index (χ3v) is 1.30. The second-order valence-corrected chi connectivity index (χ2v) is 2.25. The van der Waals surface area contributed by atoms with Crippen molar-refractivity contribution >= 4 is 5.78 Å². The van der Waals surface area contributed by atoms with E-state index in [0.29, 0.717) is 0 Å². The number of Topliss-reactive ketones (excluding diaryl/α,β-unsaturated/α-hetero) is 1. The van der Waals surface area contributed by atoms with Crippen LogP contribution >= 0.6 is 0 Å². The third-order valence-electron chi connectivity index (χ3n) is 1.30. The van der Waals surface area contributed by atoms with Crippen LogP contribution in [-0.4, -0.2) is 57.8 Å². The molecule has 0 radical (unpaired) electrons. The minimum atomic E-state index is -2.36. The summed E-state index contributed by atoms with van der Waals surface area (Å²) in [5.74, 6) is -1.33. The van der Waals surface area contributed by atoms with Gasteiger partial charge in [-0.1, -0.05) is 0 Å². The lowest BCUT2D eigenvalue weighted by Gasteiger charge is -2.14. The Kier molecular flexibility index (Phi) is 4.91. The molecule has 3 atom stereocenters. The van der Waals surface area contributed by atoms with E-state index in [0.717, 1.165) is 0 Å². The normalized spacial score (nSPS) is 18.4. The number of ketones is 1. The summed E-state index contributed by atoms with van der Waals surface area (Å²) in [7, 11) is 0. The van der Waals surface area contributed by atoms with Gasteiger partial charge in [-0.25, -0.2) is 4.39 Å². The van der Waals surface area contributed by atoms with Gasteiger partial charge in [0.1, 0.15) is 12.2 Å². The van der Waals surface area contributed by atoms with E-state index in [2.05, 4.69) is 0 Å². The minimum absolute atomic E-state index is 0.905. The average Bonchev–Trinajstić information content (AvgIpc) is 2.12. The summed E-state index contributed by atoms with van der Waals surface area (Å²) in [6.07, 6.45) is -6.06. The first kappa shape index (κ1) is 11.4. The van der Waals surface area contributed by atoms with Crippen LogP contribution in [0.4, 0.5) is 4.39 Å². The monoisotopic (exact) mass is 182 g/mol. The molecule has 72 valence electrons. The summed E-state index contributed by atoms with van der Waals surface area (Å²) in [4.78, 5) is 10.6. The van der Waals surface area contributed by atoms with Crippen LogP contribution in [-0.2, 0) is 4.79 Å². The van der Waals surface area contributed by atoms with E-state index in [4.69, 9.17) is 20.4 Å². The summed E-state index contributed by atoms with van der Waals surface area (Å²) in [6, 6.07) is 0. The van der Waals surface area contributed by atoms with E-state index >= 15 is 0 Å². The van der Waals surface area contributed by atoms with Crippen molar-refractivity contribution in [2.75, 3.05) is 13.2 Å². The molecule has 0 spiro atoms. The standard InChI is InChI=1S/C6H11FO5/c7-5(3(10)1-8)6(12)4(11)2-9/h3-5,8-11H,1-2H2/t3-,4+,5-/m1/s1. The molecule has 0 aliphatic carbocycles. The summed E-state index contributed by atoms with van der Waals surface area (Å²) in [5, 5.41) is 33.7. The van der Waals surface area contributed by atoms with E-state index in [1.807, 2.05) is 0 Å². The molecule has 0 saturated heterocycles. The number of rotatable bonds is 5. The quantitative estimate of drug-likeness (QED) is 0.380. The van der Waals surface area contributed by atoms with Crippen LogP contribution in [0.5, 0.6) is 0 Å². The van der Waals surface area contributed by atoms with Crippen molar-refractivity contribution in [3.8, 4) is 0 Å². The predicted molar refractivity (Wildman–Crippen MR) is 36.1 cm³/mol. The highest BCUT2D eigenvalue weighted by atomic mass is 19.1. The first-order valence-electron chi connectivity index (χ1n) is 3.30. The number of aliphatic hydroxyl groups excluding tert-OH is 4. The van der Waals surface area contributed by atoms with Crippen LogP contribution in [0, 0.1) is 0 Å². The van der Waals surface area contributed by atoms with E-state index in [1.165, 1.54) is 0 Å². The lowest BCUT2D eigenvalue weighted by molar-refractivity contribution is -0.139. The molecule has 0 bridgehead atoms. The minimum Gasteiger partial charge on any atom is -0.394 e. The van der Waals surface area contributed by atoms with Gasteiger partial charge >= 0.3 is 0 Å². The molecule has 4 N–H and O–H groups in total. The molecule has 0 aliphatic heterocycles. The summed E-state index contributed by atoms with van der Waals surface area (Å²) >= 11 is 0. The number of aliphatic hydroxyl groups is 4. The Balaban J connectivity index is 4.09. The molecule has 0 aliphatic rings. The van der Waals surface area contributed by atoms with E-state index in [-0.39, 0.29) is 0 Å². The van der Waals surface area contributed by atoms with Gasteiger partial charge in [-0.05, 0) is 0 Å². The Morgan fingerprint density at radius 2 is 1.75 bits per heavy atom. The first-order valence-corrected chi connectivity index (χ1v) is 3.30. The van der Waals surface area contributed by atoms with Gasteiger partial charge in [-0.2, -0.15) is 0 Å². The van der Waals surface area contributed by atoms with Crippen molar-refractivity contribution < 1.29 is 29.6 Å². The number of alkyl halides is 1. The number of halogens is 1. The Morgan fingerprint density at radius 1 is 1.25 bits per heavy atom. The zero-order chi connectivity index (χ0) is 9.72. The Bertz CT molecular complexity index is 151. The number of carbonyl (C=O) groups excluding carboxylic acids is 1. The zero-order valence-corrected chi connectivity index (χ0v) is 6.22. The number of carbonyl (C=O) groups is 1. The number of hydrogen-bond acceptors (Lipinski definition) is 5. The van der Waals surface area contributed by atoms with E-state index in [1.54, 1.807) is 0 Å². The van der Waals surface area contributed by atoms with Crippen LogP contribution < -0.4 is 0 Å². The van der Waals surface area contributed by atoms with Gasteiger partial charge in [0, 0.05) is 0 Å². The average molecular weight is 182 g/mol. The van der Waals surface area contributed by atoms with E-state index < -0.39 is 37.4 Å². The molecule has 0 amide bonds. The molecule has 0 aromatic heterocycles. The highest BCUT2D eigenvalue weighted by molar-refractivity contribution is 5.87. The second kappa shape index (κ2) is 5.15. The van der Waals surface area contributed by atoms with Crippen LogP contribution in [0.15, 0.2) is 0 Å². The molecule has 0 heterocycles. The lowest BCUT2D eigenvalue weighted by atomic mass is 10.1. The van der Waals surface area contributed by atoms with Crippen molar-refractivity contribution in [2.45, 2.75) is 18.4 Å². The zero-order valence-electron chi connectivity index (χ0n) is 6.22. The van der Waals surface area contributed by atoms with Gasteiger partial charge < -0.3 is 20.4 Å². The fourth-order valence-electron chi connectivity index (χ4n) is 0.556. The van der Waals surface area contributed by atoms with Crippen LogP contribution in [0.25, 0.3) is 0 Å². The smallest absolute Gasteiger partial charge is 0.200 e. The maximum atomic E-state index is 12.6. The van der Waals surface area contributed by atoms with Crippen molar-refractivity contribution in [2.24, 2.45) is 0 Å². The Hall–Kier alpha value is -0.560. The van der Waals surface area contributed by atoms with Crippen LogP contribution in [0.1, 0.15) is 0 Å². The molecular weight excluding hydrogens is 171 g/mol. The molecule has 0 aromatic carbocycles. The summed E-state index contributed by atoms with van der Waals surface area (Å²) in [6.45, 7) is -1.82. The predicted octanol–water partition coefficient (Wildman–Crippen LogP) is -2.40. The summed E-state index contributed by atoms with van der Waals surface area (Å²) < 4.78 is 12.6. The molecular formula is C6H11FO5. The highest BCUT2D eigenvalue weighted by Gasteiger charge is 2.30. The molecule has 5 nitrogen and oxygen atoms in total. The molecule has 0 rings (SSSR count). The molecule has 0 unspecified atom stereocenters. The highest BCUT2D eigenvalue weighted by Crippen LogP contribution is 2.03. The van der Waals surface area contributed by atoms with Gasteiger partial charge in [0.05, 0.1) is 13.2 Å². The molecule has 0 fully saturated rings. The molecule has 6 heteroatoms. The van der Waals surface area contributed by atoms with Crippen LogP contribution in [0.2, 0.25) is 0 Å². The third kappa shape index (κ3) is 2.82. The van der Waals surface area contributed by atoms with Crippen molar-refractivity contribution in [3.63, 3.8) is 0 Å². The fourth-order valence-corrected chi connectivity index (χ4v) is 0.556. The second-order valence-electron chi connectivity index (χ2n) is 2.25. The SMILES string of the molecule is O=C([C@@H](O)CO)[C@H](F)[C@H](O)CO. The lowest BCUT2D eigenvalue weighted by Crippen LogP contribution is -2.40. The molecule has 12 heavy (non-hydrogen) atoms. The molecule has 0 saturated carbocycles.